The average Bonchev–Trinajstić information content (AvgIpc) is 2.69. The van der Waals surface area contributed by atoms with Crippen LogP contribution in [0, 0.1) is 12.3 Å². The second-order valence-electron chi connectivity index (χ2n) is 2.95. The zero-order chi connectivity index (χ0) is 12.7. The molecule has 0 amide bonds. The fourth-order valence-electron chi connectivity index (χ4n) is 1.09. The third-order valence-corrected chi connectivity index (χ3v) is 3.51. The van der Waals surface area contributed by atoms with Crippen LogP contribution in [0.15, 0.2) is 0 Å². The molecule has 0 aliphatic carbocycles. The standard InChI is InChI=1S/C10H13N3O2S2/c1-3-5-16-6-4-12-9-7(10(14)15-2)8(11)13-17-9/h1,12H,4-6H2,2H3,(H2,11,13). The molecular formula is C10H13N3O2S2. The minimum atomic E-state index is -0.477. The van der Waals surface area contributed by atoms with E-state index in [0.29, 0.717) is 22.9 Å². The fourth-order valence-corrected chi connectivity index (χ4v) is 2.33. The quantitative estimate of drug-likeness (QED) is 0.461. The van der Waals surface area contributed by atoms with Crippen LogP contribution in [0.1, 0.15) is 10.4 Å². The molecule has 0 aliphatic heterocycles. The summed E-state index contributed by atoms with van der Waals surface area (Å²) < 4.78 is 8.55. The Morgan fingerprint density at radius 3 is 3.18 bits per heavy atom. The van der Waals surface area contributed by atoms with Crippen molar-refractivity contribution in [2.75, 3.05) is 36.2 Å². The normalized spacial score (nSPS) is 9.65. The van der Waals surface area contributed by atoms with Crippen molar-refractivity contribution in [3.05, 3.63) is 5.56 Å². The molecule has 1 aromatic heterocycles. The number of nitrogen functional groups attached to an aromatic ring is 1. The molecule has 3 N–H and O–H groups in total. The molecule has 17 heavy (non-hydrogen) atoms. The number of carbonyl (C=O) groups is 1. The first-order valence-corrected chi connectivity index (χ1v) is 6.72. The molecule has 1 rings (SSSR count). The lowest BCUT2D eigenvalue weighted by atomic mass is 10.3. The average molecular weight is 271 g/mol. The van der Waals surface area contributed by atoms with E-state index in [1.54, 1.807) is 11.8 Å². The molecule has 0 aromatic carbocycles. The van der Waals surface area contributed by atoms with Crippen LogP contribution in [0.5, 0.6) is 0 Å². The maximum absolute atomic E-state index is 11.4. The summed E-state index contributed by atoms with van der Waals surface area (Å²) in [6.45, 7) is 0.692. The number of nitrogens with zero attached hydrogens (tertiary/aromatic N) is 1. The van der Waals surface area contributed by atoms with Crippen molar-refractivity contribution in [3.8, 4) is 12.3 Å². The number of esters is 1. The molecule has 0 fully saturated rings. The molecule has 0 spiro atoms. The van der Waals surface area contributed by atoms with Crippen molar-refractivity contribution in [1.29, 1.82) is 0 Å². The number of aromatic nitrogens is 1. The van der Waals surface area contributed by atoms with E-state index < -0.39 is 5.97 Å². The Bertz CT molecular complexity index is 426. The second kappa shape index (κ2) is 7.04. The molecule has 0 unspecified atom stereocenters. The number of hydrogen-bond donors (Lipinski definition) is 2. The molecule has 92 valence electrons. The highest BCUT2D eigenvalue weighted by molar-refractivity contribution is 7.99. The van der Waals surface area contributed by atoms with E-state index in [-0.39, 0.29) is 5.82 Å². The lowest BCUT2D eigenvalue weighted by Gasteiger charge is -2.04. The van der Waals surface area contributed by atoms with Crippen LogP contribution >= 0.6 is 23.3 Å². The molecule has 5 nitrogen and oxygen atoms in total. The van der Waals surface area contributed by atoms with Crippen LogP contribution < -0.4 is 11.1 Å². The Hall–Kier alpha value is -1.39. The van der Waals surface area contributed by atoms with E-state index >= 15 is 0 Å². The van der Waals surface area contributed by atoms with E-state index in [1.165, 1.54) is 7.11 Å². The topological polar surface area (TPSA) is 77.2 Å². The van der Waals surface area contributed by atoms with Gasteiger partial charge in [-0.25, -0.2) is 4.79 Å². The molecule has 0 saturated carbocycles. The molecule has 0 aliphatic rings. The summed E-state index contributed by atoms with van der Waals surface area (Å²) in [5, 5.41) is 3.73. The number of rotatable bonds is 6. The van der Waals surface area contributed by atoms with Crippen molar-refractivity contribution >= 4 is 40.1 Å². The van der Waals surface area contributed by atoms with Gasteiger partial charge in [-0.1, -0.05) is 5.92 Å². The number of carbonyl (C=O) groups excluding carboxylic acids is 1. The minimum Gasteiger partial charge on any atom is -0.465 e. The Morgan fingerprint density at radius 1 is 1.76 bits per heavy atom. The van der Waals surface area contributed by atoms with Crippen LogP contribution in [0.4, 0.5) is 10.8 Å². The minimum absolute atomic E-state index is 0.195. The van der Waals surface area contributed by atoms with E-state index in [9.17, 15) is 4.79 Å². The van der Waals surface area contributed by atoms with Gasteiger partial charge in [0, 0.05) is 12.3 Å². The van der Waals surface area contributed by atoms with Gasteiger partial charge in [-0.05, 0) is 11.5 Å². The number of thioether (sulfide) groups is 1. The zero-order valence-electron chi connectivity index (χ0n) is 9.36. The Balaban J connectivity index is 2.54. The molecule has 0 radical (unpaired) electrons. The van der Waals surface area contributed by atoms with E-state index in [4.69, 9.17) is 12.2 Å². The van der Waals surface area contributed by atoms with Crippen LogP contribution in [0.25, 0.3) is 0 Å². The number of ether oxygens (including phenoxy) is 1. The summed E-state index contributed by atoms with van der Waals surface area (Å²) in [7, 11) is 1.31. The van der Waals surface area contributed by atoms with E-state index in [0.717, 1.165) is 17.3 Å². The van der Waals surface area contributed by atoms with Gasteiger partial charge < -0.3 is 15.8 Å². The van der Waals surface area contributed by atoms with Gasteiger partial charge in [0.2, 0.25) is 0 Å². The molecular weight excluding hydrogens is 258 g/mol. The van der Waals surface area contributed by atoms with Gasteiger partial charge in [0.05, 0.1) is 12.9 Å². The first kappa shape index (κ1) is 13.7. The third kappa shape index (κ3) is 3.84. The van der Waals surface area contributed by atoms with Crippen molar-refractivity contribution < 1.29 is 9.53 Å². The second-order valence-corrected chi connectivity index (χ2v) is 4.83. The Labute approximate surface area is 108 Å². The summed E-state index contributed by atoms with van der Waals surface area (Å²) in [6, 6.07) is 0. The number of nitrogens with two attached hydrogens (primary N) is 1. The molecule has 7 heteroatoms. The number of hydrogen-bond acceptors (Lipinski definition) is 7. The van der Waals surface area contributed by atoms with Gasteiger partial charge >= 0.3 is 5.97 Å². The van der Waals surface area contributed by atoms with Gasteiger partial charge in [-0.2, -0.15) is 4.37 Å². The van der Waals surface area contributed by atoms with Crippen molar-refractivity contribution in [1.82, 2.24) is 4.37 Å². The monoisotopic (exact) mass is 271 g/mol. The third-order valence-electron chi connectivity index (χ3n) is 1.83. The highest BCUT2D eigenvalue weighted by Gasteiger charge is 2.19. The van der Waals surface area contributed by atoms with Gasteiger partial charge in [0.25, 0.3) is 0 Å². The predicted molar refractivity (Wildman–Crippen MR) is 72.5 cm³/mol. The summed E-state index contributed by atoms with van der Waals surface area (Å²) in [6.07, 6.45) is 5.13. The van der Waals surface area contributed by atoms with Gasteiger partial charge in [-0.3, -0.25) is 0 Å². The number of nitrogens with one attached hydrogen (secondary N) is 1. The highest BCUT2D eigenvalue weighted by atomic mass is 32.2. The largest absolute Gasteiger partial charge is 0.465 e. The molecule has 0 saturated heterocycles. The van der Waals surface area contributed by atoms with E-state index in [1.807, 2.05) is 0 Å². The van der Waals surface area contributed by atoms with Crippen LogP contribution in [-0.4, -0.2) is 35.5 Å². The van der Waals surface area contributed by atoms with Crippen molar-refractivity contribution in [3.63, 3.8) is 0 Å². The molecule has 0 bridgehead atoms. The van der Waals surface area contributed by atoms with E-state index in [2.05, 4.69) is 20.3 Å². The lowest BCUT2D eigenvalue weighted by Crippen LogP contribution is -2.10. The van der Waals surface area contributed by atoms with Crippen molar-refractivity contribution in [2.24, 2.45) is 0 Å². The van der Waals surface area contributed by atoms with Gasteiger partial charge in [0.1, 0.15) is 10.6 Å². The number of anilines is 2. The zero-order valence-corrected chi connectivity index (χ0v) is 11.0. The fraction of sp³-hybridized carbons (Fsp3) is 0.400. The first-order valence-electron chi connectivity index (χ1n) is 4.79. The smallest absolute Gasteiger partial charge is 0.344 e. The van der Waals surface area contributed by atoms with Gasteiger partial charge in [0.15, 0.2) is 5.82 Å². The number of terminal acetylenes is 1. The summed E-state index contributed by atoms with van der Waals surface area (Å²) in [5.74, 6) is 3.79. The van der Waals surface area contributed by atoms with Crippen LogP contribution in [0.3, 0.4) is 0 Å². The predicted octanol–water partition coefficient (Wildman–Crippen LogP) is 1.29. The lowest BCUT2D eigenvalue weighted by molar-refractivity contribution is 0.0603. The molecule has 1 heterocycles. The maximum Gasteiger partial charge on any atom is 0.344 e. The highest BCUT2D eigenvalue weighted by Crippen LogP contribution is 2.27. The SMILES string of the molecule is C#CCSCCNc1snc(N)c1C(=O)OC. The number of methoxy groups -OCH3 is 1. The van der Waals surface area contributed by atoms with Gasteiger partial charge in [-0.15, -0.1) is 18.2 Å². The summed E-state index contributed by atoms with van der Waals surface area (Å²) in [4.78, 5) is 11.4. The maximum atomic E-state index is 11.4. The van der Waals surface area contributed by atoms with Crippen LogP contribution in [-0.2, 0) is 4.74 Å². The first-order chi connectivity index (χ1) is 8.20. The van der Waals surface area contributed by atoms with Crippen molar-refractivity contribution in [2.45, 2.75) is 0 Å². The summed E-state index contributed by atoms with van der Waals surface area (Å²) in [5.41, 5.74) is 5.90. The summed E-state index contributed by atoms with van der Waals surface area (Å²) >= 11 is 2.78. The van der Waals surface area contributed by atoms with Crippen LogP contribution in [0.2, 0.25) is 0 Å². The molecule has 0 atom stereocenters. The Kier molecular flexibility index (Phi) is 5.66. The molecule has 1 aromatic rings. The Morgan fingerprint density at radius 2 is 2.53 bits per heavy atom.